The smallest absolute Gasteiger partial charge is 0.337 e. The third kappa shape index (κ3) is 11.5. The Hall–Kier alpha value is -2.05. The van der Waals surface area contributed by atoms with Gasteiger partial charge in [-0.15, -0.1) is 0 Å². The maximum Gasteiger partial charge on any atom is 0.337 e. The van der Waals surface area contributed by atoms with Gasteiger partial charge in [0.1, 0.15) is 0 Å². The molecule has 2 aromatic carbocycles. The summed E-state index contributed by atoms with van der Waals surface area (Å²) in [5.41, 5.74) is -0.0567. The minimum atomic E-state index is -3.50. The van der Waals surface area contributed by atoms with E-state index in [1.165, 1.54) is 36.4 Å². The number of carbonyl (C=O) groups excluding carboxylic acids is 1. The van der Waals surface area contributed by atoms with Crippen molar-refractivity contribution in [2.24, 2.45) is 0 Å². The van der Waals surface area contributed by atoms with Crippen molar-refractivity contribution in [1.29, 1.82) is 0 Å². The molecule has 180 valence electrons. The maximum absolute atomic E-state index is 11.0. The average molecular weight is 550 g/mol. The molecule has 0 amide bonds. The quantitative estimate of drug-likeness (QED) is 0.440. The zero-order chi connectivity index (χ0) is 23.3. The molecule has 0 heterocycles. The molecular weight excluding hydrogens is 527 g/mol. The van der Waals surface area contributed by atoms with Gasteiger partial charge in [0.05, 0.1) is 35.0 Å². The number of carboxylic acids is 1. The van der Waals surface area contributed by atoms with Gasteiger partial charge in [0.15, 0.2) is 0 Å². The van der Waals surface area contributed by atoms with Crippen LogP contribution in [0.25, 0.3) is 0 Å². The van der Waals surface area contributed by atoms with Crippen LogP contribution in [0.1, 0.15) is 35.6 Å². The van der Waals surface area contributed by atoms with E-state index in [0.717, 1.165) is 12.5 Å². The largest absolute Gasteiger partial charge is 0.478 e. The first-order valence-corrected chi connectivity index (χ1v) is 12.5. The second kappa shape index (κ2) is 12.9. The lowest BCUT2D eigenvalue weighted by Gasteiger charge is -2.07. The Bertz CT molecular complexity index is 1090. The Labute approximate surface area is 202 Å². The second-order valence-electron chi connectivity index (χ2n) is 5.71. The van der Waals surface area contributed by atoms with Crippen LogP contribution in [0.5, 0.6) is 0 Å². The van der Waals surface area contributed by atoms with Gasteiger partial charge >= 0.3 is 5.97 Å². The number of halogens is 3. The fourth-order valence-electron chi connectivity index (χ4n) is 1.95. The molecule has 32 heavy (non-hydrogen) atoms. The molecule has 0 bridgehead atoms. The zero-order valence-corrected chi connectivity index (χ0v) is 19.2. The molecule has 0 atom stereocenters. The van der Waals surface area contributed by atoms with E-state index in [2.05, 4.69) is 9.44 Å². The number of nitrogens with one attached hydrogen (secondary N) is 2. The van der Waals surface area contributed by atoms with Gasteiger partial charge in [-0.1, -0.05) is 38.1 Å². The lowest BCUT2D eigenvalue weighted by molar-refractivity contribution is 0.0698. The van der Waals surface area contributed by atoms with Crippen LogP contribution >= 0.6 is 34.8 Å². The second-order valence-corrected chi connectivity index (χ2v) is 10.4. The highest BCUT2D eigenvalue weighted by Gasteiger charge is 2.14. The molecule has 0 saturated carbocycles. The number of carbonyl (C=O) groups is 2. The van der Waals surface area contributed by atoms with Crippen LogP contribution in [-0.2, 0) is 20.0 Å². The molecule has 14 heteroatoms. The molecule has 0 radical (unpaired) electrons. The van der Waals surface area contributed by atoms with E-state index in [4.69, 9.17) is 39.9 Å². The Kier molecular flexibility index (Phi) is 12.9. The SMILES string of the molecule is C.C.CS(=O)(=O)Nc1ccc(Cl)cc1C(=O)Cl.CS(=O)(=O)Nc1ccc(Cl)cc1C(=O)O. The third-order valence-electron chi connectivity index (χ3n) is 3.00. The Balaban J connectivity index is 0. The minimum absolute atomic E-state index is 0. The maximum atomic E-state index is 11.0. The molecular formula is C18H23Cl3N2O7S2. The lowest BCUT2D eigenvalue weighted by atomic mass is 10.2. The highest BCUT2D eigenvalue weighted by Crippen LogP contribution is 2.23. The van der Waals surface area contributed by atoms with Crippen LogP contribution in [-0.4, -0.2) is 45.7 Å². The van der Waals surface area contributed by atoms with Crippen LogP contribution < -0.4 is 9.44 Å². The molecule has 0 aliphatic carbocycles. The van der Waals surface area contributed by atoms with Gasteiger partial charge in [-0.05, 0) is 48.0 Å². The van der Waals surface area contributed by atoms with Crippen molar-refractivity contribution in [2.75, 3.05) is 22.0 Å². The monoisotopic (exact) mass is 548 g/mol. The number of aromatic carboxylic acids is 1. The first-order valence-electron chi connectivity index (χ1n) is 7.57. The molecule has 0 aliphatic rings. The molecule has 9 nitrogen and oxygen atoms in total. The standard InChI is InChI=1S/C8H7Cl2NO3S.C8H8ClNO4S.2CH4/c1-15(13,14)11-7-3-2-5(9)4-6(7)8(10)12;1-15(13,14)10-7-3-2-5(9)4-6(7)8(11)12;;/h2-4,11H,1H3;2-4,10H,1H3,(H,11,12);2*1H4. The summed E-state index contributed by atoms with van der Waals surface area (Å²) in [6, 6.07) is 8.01. The molecule has 0 fully saturated rings. The summed E-state index contributed by atoms with van der Waals surface area (Å²) in [4.78, 5) is 21.7. The van der Waals surface area contributed by atoms with Crippen molar-refractivity contribution >= 4 is 77.4 Å². The lowest BCUT2D eigenvalue weighted by Crippen LogP contribution is -2.13. The summed E-state index contributed by atoms with van der Waals surface area (Å²) >= 11 is 16.5. The van der Waals surface area contributed by atoms with E-state index in [-0.39, 0.29) is 42.4 Å². The van der Waals surface area contributed by atoms with E-state index in [0.29, 0.717) is 5.02 Å². The van der Waals surface area contributed by atoms with E-state index in [1.807, 2.05) is 0 Å². The van der Waals surface area contributed by atoms with E-state index in [1.54, 1.807) is 0 Å². The topological polar surface area (TPSA) is 147 Å². The van der Waals surface area contributed by atoms with Gasteiger partial charge < -0.3 is 5.11 Å². The fourth-order valence-corrected chi connectivity index (χ4v) is 3.61. The van der Waals surface area contributed by atoms with Crippen molar-refractivity contribution < 1.29 is 31.5 Å². The molecule has 0 saturated heterocycles. The van der Waals surface area contributed by atoms with E-state index in [9.17, 15) is 26.4 Å². The number of sulfonamides is 2. The highest BCUT2D eigenvalue weighted by atomic mass is 35.5. The van der Waals surface area contributed by atoms with Crippen LogP contribution in [0, 0.1) is 0 Å². The minimum Gasteiger partial charge on any atom is -0.478 e. The Morgan fingerprint density at radius 3 is 1.44 bits per heavy atom. The summed E-state index contributed by atoms with van der Waals surface area (Å²) in [5.74, 6) is -1.25. The fraction of sp³-hybridized carbons (Fsp3) is 0.222. The van der Waals surface area contributed by atoms with Gasteiger partial charge in [0, 0.05) is 10.0 Å². The average Bonchev–Trinajstić information content (AvgIpc) is 2.56. The number of hydrogen-bond donors (Lipinski definition) is 3. The molecule has 0 aromatic heterocycles. The molecule has 3 N–H and O–H groups in total. The molecule has 0 aliphatic heterocycles. The number of benzene rings is 2. The van der Waals surface area contributed by atoms with Crippen molar-refractivity contribution in [3.63, 3.8) is 0 Å². The van der Waals surface area contributed by atoms with Crippen molar-refractivity contribution in [1.82, 2.24) is 0 Å². The van der Waals surface area contributed by atoms with Gasteiger partial charge in [-0.2, -0.15) is 0 Å². The van der Waals surface area contributed by atoms with Gasteiger partial charge in [0.25, 0.3) is 5.24 Å². The van der Waals surface area contributed by atoms with E-state index < -0.39 is 31.3 Å². The van der Waals surface area contributed by atoms with Gasteiger partial charge in [-0.25, -0.2) is 21.6 Å². The number of hydrogen-bond acceptors (Lipinski definition) is 6. The summed E-state index contributed by atoms with van der Waals surface area (Å²) in [6.07, 6.45) is 1.91. The van der Waals surface area contributed by atoms with Crippen LogP contribution in [0.3, 0.4) is 0 Å². The van der Waals surface area contributed by atoms with Crippen molar-refractivity contribution in [2.45, 2.75) is 14.9 Å². The predicted octanol–water partition coefficient (Wildman–Crippen LogP) is 4.77. The van der Waals surface area contributed by atoms with Crippen molar-refractivity contribution in [3.8, 4) is 0 Å². The normalized spacial score (nSPS) is 10.4. The summed E-state index contributed by atoms with van der Waals surface area (Å²) in [5, 5.41) is 8.55. The predicted molar refractivity (Wildman–Crippen MR) is 130 cm³/mol. The number of anilines is 2. The molecule has 2 aromatic rings. The highest BCUT2D eigenvalue weighted by molar-refractivity contribution is 7.92. The summed E-state index contributed by atoms with van der Waals surface area (Å²) in [7, 11) is -6.95. The first-order chi connectivity index (χ1) is 13.6. The van der Waals surface area contributed by atoms with Crippen molar-refractivity contribution in [3.05, 3.63) is 57.6 Å². The Morgan fingerprint density at radius 2 is 1.12 bits per heavy atom. The number of rotatable bonds is 6. The van der Waals surface area contributed by atoms with Crippen LogP contribution in [0.2, 0.25) is 10.0 Å². The Morgan fingerprint density at radius 1 is 0.781 bits per heavy atom. The zero-order valence-electron chi connectivity index (χ0n) is 15.3. The molecule has 0 spiro atoms. The molecule has 0 unspecified atom stereocenters. The van der Waals surface area contributed by atoms with Crippen LogP contribution in [0.4, 0.5) is 11.4 Å². The van der Waals surface area contributed by atoms with Gasteiger partial charge in [0.2, 0.25) is 20.0 Å². The molecule has 2 rings (SSSR count). The van der Waals surface area contributed by atoms with E-state index >= 15 is 0 Å². The number of carboxylic acid groups (broad SMARTS) is 1. The first kappa shape index (κ1) is 32.1. The summed E-state index contributed by atoms with van der Waals surface area (Å²) in [6.45, 7) is 0. The van der Waals surface area contributed by atoms with Crippen LogP contribution in [0.15, 0.2) is 36.4 Å². The third-order valence-corrected chi connectivity index (χ3v) is 4.85. The van der Waals surface area contributed by atoms with Gasteiger partial charge in [-0.3, -0.25) is 14.2 Å². The summed E-state index contributed by atoms with van der Waals surface area (Å²) < 4.78 is 48.0.